The van der Waals surface area contributed by atoms with Gasteiger partial charge in [-0.1, -0.05) is 97.4 Å². The van der Waals surface area contributed by atoms with Gasteiger partial charge in [0.2, 0.25) is 11.8 Å². The van der Waals surface area contributed by atoms with Crippen LogP contribution in [0, 0.1) is 35.5 Å². The molecule has 63 heavy (non-hydrogen) atoms. The molecule has 3 rings (SSSR count). The number of carboxylic acid groups (broad SMARTS) is 1. The SMILES string of the molecule is CC[C@H](C)[C@@H]([C@@H](CC(=O)N1CCC[C@H]1[C@H](OC)[C@@H](C)C(=O)C[C@@H](Cc1ccccc1)C(=O)O)OC)N(C)C(=O)[C@@H](CC(=O)[C@H](C(C)C)N(C)C(=O)OCc1ccc(N)cc1)C(C)C. The van der Waals surface area contributed by atoms with E-state index in [4.69, 9.17) is 19.9 Å². The van der Waals surface area contributed by atoms with Gasteiger partial charge in [0.25, 0.3) is 0 Å². The molecule has 14 nitrogen and oxygen atoms in total. The molecule has 2 aromatic carbocycles. The van der Waals surface area contributed by atoms with Crippen LogP contribution in [0.15, 0.2) is 54.6 Å². The third kappa shape index (κ3) is 14.3. The average molecular weight is 879 g/mol. The minimum absolute atomic E-state index is 0.00919. The number of hydrogen-bond donors (Lipinski definition) is 2. The molecule has 0 unspecified atom stereocenters. The van der Waals surface area contributed by atoms with E-state index in [1.165, 1.54) is 26.2 Å². The normalized spacial score (nSPS) is 17.9. The van der Waals surface area contributed by atoms with Gasteiger partial charge in [0, 0.05) is 65.2 Å². The van der Waals surface area contributed by atoms with Crippen molar-refractivity contribution in [3.8, 4) is 0 Å². The van der Waals surface area contributed by atoms with Crippen LogP contribution >= 0.6 is 0 Å². The number of nitrogen functional groups attached to an aromatic ring is 1. The molecule has 0 saturated carbocycles. The second kappa shape index (κ2) is 24.9. The molecule has 1 saturated heterocycles. The van der Waals surface area contributed by atoms with Gasteiger partial charge in [-0.3, -0.25) is 24.0 Å². The van der Waals surface area contributed by atoms with Gasteiger partial charge < -0.3 is 39.8 Å². The lowest BCUT2D eigenvalue weighted by Gasteiger charge is -2.41. The van der Waals surface area contributed by atoms with Crippen LogP contribution < -0.4 is 5.73 Å². The Labute approximate surface area is 375 Å². The number of likely N-dealkylation sites (tertiary alicyclic amines) is 1. The maximum absolute atomic E-state index is 14.6. The number of carbonyl (C=O) groups excluding carboxylic acids is 5. The first-order chi connectivity index (χ1) is 29.8. The number of ketones is 2. The Morgan fingerprint density at radius 2 is 1.44 bits per heavy atom. The first-order valence-electron chi connectivity index (χ1n) is 22.4. The fourth-order valence-electron chi connectivity index (χ4n) is 9.13. The van der Waals surface area contributed by atoms with Crippen molar-refractivity contribution in [3.63, 3.8) is 0 Å². The summed E-state index contributed by atoms with van der Waals surface area (Å²) < 4.78 is 17.5. The summed E-state index contributed by atoms with van der Waals surface area (Å²) in [5, 5.41) is 9.99. The minimum Gasteiger partial charge on any atom is -0.481 e. The molecule has 350 valence electrons. The first-order valence-corrected chi connectivity index (χ1v) is 22.4. The number of nitrogens with zero attached hydrogens (tertiary/aromatic N) is 3. The molecule has 1 heterocycles. The predicted molar refractivity (Wildman–Crippen MR) is 242 cm³/mol. The van der Waals surface area contributed by atoms with Gasteiger partial charge in [-0.2, -0.15) is 0 Å². The van der Waals surface area contributed by atoms with E-state index in [1.54, 1.807) is 48.0 Å². The topological polar surface area (TPSA) is 186 Å². The van der Waals surface area contributed by atoms with Crippen molar-refractivity contribution >= 4 is 41.1 Å². The largest absolute Gasteiger partial charge is 0.481 e. The molecule has 1 fully saturated rings. The molecule has 0 spiro atoms. The number of anilines is 1. The number of carbonyl (C=O) groups is 6. The molecule has 3 N–H and O–H groups in total. The van der Waals surface area contributed by atoms with Crippen LogP contribution in [0.4, 0.5) is 10.5 Å². The number of ether oxygens (including phenoxy) is 3. The van der Waals surface area contributed by atoms with E-state index in [2.05, 4.69) is 0 Å². The van der Waals surface area contributed by atoms with E-state index in [9.17, 15) is 33.9 Å². The van der Waals surface area contributed by atoms with Crippen molar-refractivity contribution in [2.75, 3.05) is 40.6 Å². The smallest absolute Gasteiger partial charge is 0.410 e. The lowest BCUT2D eigenvalue weighted by Crippen LogP contribution is -2.54. The second-order valence-corrected chi connectivity index (χ2v) is 18.1. The highest BCUT2D eigenvalue weighted by Gasteiger charge is 2.44. The molecule has 1 aliphatic heterocycles. The Morgan fingerprint density at radius 3 is 1.98 bits per heavy atom. The number of amides is 3. The molecule has 0 bridgehead atoms. The summed E-state index contributed by atoms with van der Waals surface area (Å²) >= 11 is 0. The Balaban J connectivity index is 1.76. The lowest BCUT2D eigenvalue weighted by atomic mass is 9.83. The van der Waals surface area contributed by atoms with Gasteiger partial charge in [0.05, 0.1) is 42.7 Å². The maximum atomic E-state index is 14.6. The Morgan fingerprint density at radius 1 is 0.810 bits per heavy atom. The summed E-state index contributed by atoms with van der Waals surface area (Å²) in [5.74, 6) is -4.89. The zero-order valence-electron chi connectivity index (χ0n) is 39.5. The van der Waals surface area contributed by atoms with Gasteiger partial charge >= 0.3 is 12.1 Å². The van der Waals surface area contributed by atoms with Crippen molar-refractivity contribution in [2.24, 2.45) is 35.5 Å². The van der Waals surface area contributed by atoms with Crippen LogP contribution in [-0.2, 0) is 51.2 Å². The summed E-state index contributed by atoms with van der Waals surface area (Å²) in [4.78, 5) is 86.8. The molecule has 2 aromatic rings. The number of nitrogens with two attached hydrogens (primary N) is 1. The lowest BCUT2D eigenvalue weighted by molar-refractivity contribution is -0.149. The van der Waals surface area contributed by atoms with Crippen molar-refractivity contribution in [1.29, 1.82) is 0 Å². The highest BCUT2D eigenvalue weighted by molar-refractivity contribution is 5.92. The molecular weight excluding hydrogens is 805 g/mol. The van der Waals surface area contributed by atoms with Crippen LogP contribution in [0.25, 0.3) is 0 Å². The number of carboxylic acids is 1. The minimum atomic E-state index is -1.04. The van der Waals surface area contributed by atoms with Crippen molar-refractivity contribution < 1.29 is 48.1 Å². The fourth-order valence-corrected chi connectivity index (χ4v) is 9.13. The quantitative estimate of drug-likeness (QED) is 0.0987. The summed E-state index contributed by atoms with van der Waals surface area (Å²) in [6.07, 6.45) is -0.115. The standard InChI is InChI=1S/C49H74N4O10/c1-12-32(6)45(51(8)47(57)38(30(2)3)27-41(55)44(31(4)5)52(9)49(60)63-29-35-20-22-37(50)23-21-35)42(61-10)28-43(56)53-24-16-19-39(53)46(62-11)33(7)40(54)26-36(48(58)59)25-34-17-14-13-15-18-34/h13-15,17-18,20-23,30-33,36,38-39,42,44-46H,12,16,19,24-29,50H2,1-11H3,(H,58,59)/t32-,33-,36+,38-,39-,42+,44-,45-,46+/m0/s1. The summed E-state index contributed by atoms with van der Waals surface area (Å²) in [7, 11) is 6.27. The molecule has 0 aromatic heterocycles. The Kier molecular flexibility index (Phi) is 20.7. The summed E-state index contributed by atoms with van der Waals surface area (Å²) in [5.41, 5.74) is 7.95. The van der Waals surface area contributed by atoms with Gasteiger partial charge in [0.15, 0.2) is 5.78 Å². The van der Waals surface area contributed by atoms with Crippen molar-refractivity contribution in [2.45, 2.75) is 130 Å². The highest BCUT2D eigenvalue weighted by Crippen LogP contribution is 2.32. The van der Waals surface area contributed by atoms with E-state index in [0.29, 0.717) is 31.5 Å². The monoisotopic (exact) mass is 879 g/mol. The van der Waals surface area contributed by atoms with Gasteiger partial charge in [-0.15, -0.1) is 0 Å². The van der Waals surface area contributed by atoms with Gasteiger partial charge in [-0.25, -0.2) is 4.79 Å². The number of rotatable bonds is 25. The van der Waals surface area contributed by atoms with Gasteiger partial charge in [-0.05, 0) is 60.3 Å². The fraction of sp³-hybridized carbons (Fsp3) is 0.633. The number of hydrogen-bond acceptors (Lipinski definition) is 10. The molecule has 14 heteroatoms. The highest BCUT2D eigenvalue weighted by atomic mass is 16.6. The first kappa shape index (κ1) is 52.5. The number of aliphatic carboxylic acids is 1. The Bertz CT molecular complexity index is 1800. The van der Waals surface area contributed by atoms with E-state index < -0.39 is 60.1 Å². The zero-order chi connectivity index (χ0) is 47.1. The van der Waals surface area contributed by atoms with Gasteiger partial charge in [0.1, 0.15) is 12.4 Å². The summed E-state index contributed by atoms with van der Waals surface area (Å²) in [6.45, 7) is 13.7. The van der Waals surface area contributed by atoms with Crippen LogP contribution in [0.5, 0.6) is 0 Å². The third-order valence-electron chi connectivity index (χ3n) is 13.0. The molecule has 0 radical (unpaired) electrons. The van der Waals surface area contributed by atoms with Crippen molar-refractivity contribution in [3.05, 3.63) is 65.7 Å². The average Bonchev–Trinajstić information content (AvgIpc) is 3.74. The van der Waals surface area contributed by atoms with Crippen LogP contribution in [-0.4, -0.2) is 120 Å². The van der Waals surface area contributed by atoms with Crippen LogP contribution in [0.3, 0.4) is 0 Å². The van der Waals surface area contributed by atoms with E-state index in [-0.39, 0.29) is 73.4 Å². The number of methoxy groups -OCH3 is 2. The summed E-state index contributed by atoms with van der Waals surface area (Å²) in [6, 6.07) is 14.4. The van der Waals surface area contributed by atoms with E-state index in [1.807, 2.05) is 71.9 Å². The number of Topliss-reactive ketones (excluding diaryl/α,β-unsaturated/α-hetero) is 2. The molecule has 1 aliphatic rings. The second-order valence-electron chi connectivity index (χ2n) is 18.1. The van der Waals surface area contributed by atoms with Crippen LogP contribution in [0.2, 0.25) is 0 Å². The zero-order valence-corrected chi connectivity index (χ0v) is 39.5. The predicted octanol–water partition coefficient (Wildman–Crippen LogP) is 6.92. The molecule has 3 amide bonds. The number of benzene rings is 2. The van der Waals surface area contributed by atoms with Crippen LogP contribution in [0.1, 0.15) is 98.1 Å². The third-order valence-corrected chi connectivity index (χ3v) is 13.0. The van der Waals surface area contributed by atoms with E-state index >= 15 is 0 Å². The number of likely N-dealkylation sites (N-methyl/N-ethyl adjacent to an activating group) is 2. The Hall–Kier alpha value is -4.82. The van der Waals surface area contributed by atoms with E-state index in [0.717, 1.165) is 11.1 Å². The maximum Gasteiger partial charge on any atom is 0.410 e. The van der Waals surface area contributed by atoms with Crippen molar-refractivity contribution in [1.82, 2.24) is 14.7 Å². The molecular formula is C49H74N4O10. The molecule has 9 atom stereocenters. The molecule has 0 aliphatic carbocycles.